The van der Waals surface area contributed by atoms with Gasteiger partial charge in [-0.25, -0.2) is 0 Å². The highest BCUT2D eigenvalue weighted by Crippen LogP contribution is 2.47. The number of thioether (sulfide) groups is 1. The lowest BCUT2D eigenvalue weighted by molar-refractivity contribution is -0.129. The number of halogens is 1. The molecule has 2 aromatic carbocycles. The highest BCUT2D eigenvalue weighted by Gasteiger charge is 2.39. The van der Waals surface area contributed by atoms with Crippen LogP contribution < -0.4 is 14.4 Å². The molecule has 4 rings (SSSR count). The molecule has 8 heteroatoms. The monoisotopic (exact) mass is 441 g/mol. The summed E-state index contributed by atoms with van der Waals surface area (Å²) in [5, 5.41) is 11.4. The van der Waals surface area contributed by atoms with Gasteiger partial charge in [0, 0.05) is 28.6 Å². The van der Waals surface area contributed by atoms with Crippen LogP contribution in [0.1, 0.15) is 17.9 Å². The number of fused-ring (bicyclic) bond motifs is 1. The second-order valence-electron chi connectivity index (χ2n) is 6.93. The quantitative estimate of drug-likeness (QED) is 0.692. The van der Waals surface area contributed by atoms with Crippen molar-refractivity contribution in [3.05, 3.63) is 63.7 Å². The second-order valence-corrected chi connectivity index (χ2v) is 8.30. The van der Waals surface area contributed by atoms with Crippen LogP contribution in [0.3, 0.4) is 0 Å². The number of amides is 1. The van der Waals surface area contributed by atoms with Gasteiger partial charge in [-0.2, -0.15) is 5.26 Å². The van der Waals surface area contributed by atoms with E-state index in [-0.39, 0.29) is 18.2 Å². The molecule has 0 saturated carbocycles. The van der Waals surface area contributed by atoms with Crippen molar-refractivity contribution in [2.75, 3.05) is 31.7 Å². The Labute approximate surface area is 184 Å². The Morgan fingerprint density at radius 3 is 2.70 bits per heavy atom. The van der Waals surface area contributed by atoms with Crippen molar-refractivity contribution in [2.45, 2.75) is 12.3 Å². The number of carbonyl (C=O) groups excluding carboxylic acids is 1. The minimum absolute atomic E-state index is 0.0295. The number of nitriles is 1. The van der Waals surface area contributed by atoms with E-state index in [9.17, 15) is 10.1 Å². The van der Waals surface area contributed by atoms with Crippen molar-refractivity contribution >= 4 is 35.0 Å². The molecule has 1 fully saturated rings. The van der Waals surface area contributed by atoms with Crippen LogP contribution in [-0.2, 0) is 4.79 Å². The zero-order chi connectivity index (χ0) is 21.3. The van der Waals surface area contributed by atoms with E-state index in [4.69, 9.17) is 21.1 Å². The molecule has 2 aliphatic heterocycles. The fraction of sp³-hybridized carbons (Fsp3) is 0.273. The SMILES string of the molecule is COc1cccc([C@@H]2CC(=O)N3CN(c4cccc(Cl)c4)CSC3=C2C#N)c1OC. The molecule has 2 heterocycles. The van der Waals surface area contributed by atoms with E-state index in [2.05, 4.69) is 11.0 Å². The minimum Gasteiger partial charge on any atom is -0.493 e. The van der Waals surface area contributed by atoms with Crippen molar-refractivity contribution in [2.24, 2.45) is 0 Å². The summed E-state index contributed by atoms with van der Waals surface area (Å²) in [5.41, 5.74) is 2.31. The highest BCUT2D eigenvalue weighted by atomic mass is 35.5. The van der Waals surface area contributed by atoms with E-state index in [0.717, 1.165) is 11.3 Å². The maximum absolute atomic E-state index is 13.1. The van der Waals surface area contributed by atoms with Crippen LogP contribution in [0.25, 0.3) is 0 Å². The molecule has 1 atom stereocenters. The van der Waals surface area contributed by atoms with Crippen molar-refractivity contribution in [1.82, 2.24) is 4.90 Å². The number of ether oxygens (including phenoxy) is 2. The van der Waals surface area contributed by atoms with Gasteiger partial charge in [-0.05, 0) is 24.3 Å². The van der Waals surface area contributed by atoms with Crippen LogP contribution in [0.15, 0.2) is 53.1 Å². The summed E-state index contributed by atoms with van der Waals surface area (Å²) >= 11 is 7.61. The molecule has 0 N–H and O–H groups in total. The summed E-state index contributed by atoms with van der Waals surface area (Å²) in [6.45, 7) is 0.384. The third-order valence-corrected chi connectivity index (χ3v) is 6.67. The van der Waals surface area contributed by atoms with Crippen LogP contribution in [0.2, 0.25) is 5.02 Å². The van der Waals surface area contributed by atoms with Crippen molar-refractivity contribution < 1.29 is 14.3 Å². The van der Waals surface area contributed by atoms with Crippen LogP contribution >= 0.6 is 23.4 Å². The smallest absolute Gasteiger partial charge is 0.229 e. The number of hydrogen-bond acceptors (Lipinski definition) is 6. The lowest BCUT2D eigenvalue weighted by Crippen LogP contribution is -2.47. The topological polar surface area (TPSA) is 65.8 Å². The molecule has 0 aliphatic carbocycles. The summed E-state index contributed by atoms with van der Waals surface area (Å²) in [5.74, 6) is 1.35. The third kappa shape index (κ3) is 3.57. The summed E-state index contributed by atoms with van der Waals surface area (Å²) < 4.78 is 11.0. The molecule has 0 spiro atoms. The molecule has 0 unspecified atom stereocenters. The predicted octanol–water partition coefficient (Wildman–Crippen LogP) is 4.58. The fourth-order valence-electron chi connectivity index (χ4n) is 3.85. The standard InChI is InChI=1S/C22H20ClN3O3S/c1-28-19-8-4-7-16(21(19)29-2)17-10-20(27)26-12-25(13-30-22(26)18(17)11-24)15-6-3-5-14(23)9-15/h3-9,17H,10,12-13H2,1-2H3/t17-/m0/s1. The zero-order valence-corrected chi connectivity index (χ0v) is 18.2. The fourth-order valence-corrected chi connectivity index (χ4v) is 5.20. The maximum Gasteiger partial charge on any atom is 0.229 e. The van der Waals surface area contributed by atoms with Gasteiger partial charge in [0.05, 0.1) is 43.4 Å². The third-order valence-electron chi connectivity index (χ3n) is 5.28. The van der Waals surface area contributed by atoms with Crippen LogP contribution in [0.5, 0.6) is 11.5 Å². The van der Waals surface area contributed by atoms with E-state index in [0.29, 0.717) is 39.7 Å². The lowest BCUT2D eigenvalue weighted by atomic mass is 9.85. The Morgan fingerprint density at radius 1 is 1.20 bits per heavy atom. The first-order chi connectivity index (χ1) is 14.6. The number of hydrogen-bond donors (Lipinski definition) is 0. The van der Waals surface area contributed by atoms with E-state index in [1.54, 1.807) is 25.2 Å². The molecule has 30 heavy (non-hydrogen) atoms. The first-order valence-corrected chi connectivity index (χ1v) is 10.7. The van der Waals surface area contributed by atoms with E-state index in [1.165, 1.54) is 11.8 Å². The molecule has 0 bridgehead atoms. The van der Waals surface area contributed by atoms with E-state index >= 15 is 0 Å². The summed E-state index contributed by atoms with van der Waals surface area (Å²) in [7, 11) is 3.14. The van der Waals surface area contributed by atoms with Gasteiger partial charge < -0.3 is 14.4 Å². The van der Waals surface area contributed by atoms with Crippen LogP contribution in [-0.4, -0.2) is 37.6 Å². The molecule has 6 nitrogen and oxygen atoms in total. The van der Waals surface area contributed by atoms with E-state index in [1.807, 2.05) is 36.4 Å². The summed E-state index contributed by atoms with van der Waals surface area (Å²) in [4.78, 5) is 16.9. The van der Waals surface area contributed by atoms with Crippen LogP contribution in [0, 0.1) is 11.3 Å². The molecule has 154 valence electrons. The number of carbonyl (C=O) groups is 1. The largest absolute Gasteiger partial charge is 0.493 e. The molecular formula is C22H20ClN3O3S. The molecule has 2 aromatic rings. The number of nitrogens with zero attached hydrogens (tertiary/aromatic N) is 3. The molecule has 1 amide bonds. The van der Waals surface area contributed by atoms with Crippen molar-refractivity contribution in [3.8, 4) is 17.6 Å². The normalized spacial score (nSPS) is 18.7. The summed E-state index contributed by atoms with van der Waals surface area (Å²) in [6, 6.07) is 15.4. The van der Waals surface area contributed by atoms with Gasteiger partial charge in [0.2, 0.25) is 5.91 Å². The van der Waals surface area contributed by atoms with Gasteiger partial charge in [0.15, 0.2) is 11.5 Å². The maximum atomic E-state index is 13.1. The lowest BCUT2D eigenvalue weighted by Gasteiger charge is -2.42. The molecule has 0 aromatic heterocycles. The van der Waals surface area contributed by atoms with Gasteiger partial charge >= 0.3 is 0 Å². The van der Waals surface area contributed by atoms with Crippen molar-refractivity contribution in [3.63, 3.8) is 0 Å². The molecule has 0 radical (unpaired) electrons. The minimum atomic E-state index is -0.371. The first kappa shape index (κ1) is 20.5. The molecule has 2 aliphatic rings. The first-order valence-electron chi connectivity index (χ1n) is 9.36. The van der Waals surface area contributed by atoms with Gasteiger partial charge in [-0.1, -0.05) is 41.6 Å². The van der Waals surface area contributed by atoms with E-state index < -0.39 is 0 Å². The Kier molecular flexibility index (Phi) is 5.80. The predicted molar refractivity (Wildman–Crippen MR) is 118 cm³/mol. The van der Waals surface area contributed by atoms with Crippen LogP contribution in [0.4, 0.5) is 5.69 Å². The highest BCUT2D eigenvalue weighted by molar-refractivity contribution is 8.03. The number of benzene rings is 2. The van der Waals surface area contributed by atoms with Gasteiger partial charge in [0.25, 0.3) is 0 Å². The number of anilines is 1. The summed E-state index contributed by atoms with van der Waals surface area (Å²) in [6.07, 6.45) is 0.194. The number of para-hydroxylation sites is 1. The zero-order valence-electron chi connectivity index (χ0n) is 16.6. The average Bonchev–Trinajstić information content (AvgIpc) is 2.78. The van der Waals surface area contributed by atoms with Gasteiger partial charge in [-0.15, -0.1) is 0 Å². The average molecular weight is 442 g/mol. The van der Waals surface area contributed by atoms with Gasteiger partial charge in [0.1, 0.15) is 0 Å². The Bertz CT molecular complexity index is 1070. The van der Waals surface area contributed by atoms with Crippen molar-refractivity contribution in [1.29, 1.82) is 5.26 Å². The Hall–Kier alpha value is -2.82. The molecule has 1 saturated heterocycles. The second kappa shape index (κ2) is 8.50. The van der Waals surface area contributed by atoms with Gasteiger partial charge in [-0.3, -0.25) is 9.69 Å². The number of allylic oxidation sites excluding steroid dienone is 1. The Balaban J connectivity index is 1.71. The number of methoxy groups -OCH3 is 2. The molecular weight excluding hydrogens is 422 g/mol. The number of rotatable bonds is 4. The Morgan fingerprint density at radius 2 is 2.00 bits per heavy atom.